The first-order chi connectivity index (χ1) is 11.1. The zero-order valence-corrected chi connectivity index (χ0v) is 13.2. The molecule has 0 aliphatic carbocycles. The van der Waals surface area contributed by atoms with Gasteiger partial charge in [-0.25, -0.2) is 4.90 Å². The SMILES string of the molecule is CCO/C=C1\C(=O)N(c2cccc(Cl)c2)C(=O)c2ccccc21. The number of fused-ring (bicyclic) bond motifs is 1. The number of nitrogens with zero attached hydrogens (tertiary/aromatic N) is 1. The standard InChI is InChI=1S/C18H14ClNO3/c1-2-23-11-16-14-8-3-4-9-15(14)17(21)20(18(16)22)13-7-5-6-12(19)10-13/h3-11H,2H2,1H3/b16-11-. The second kappa shape index (κ2) is 6.26. The first-order valence-electron chi connectivity index (χ1n) is 7.19. The predicted octanol–water partition coefficient (Wildman–Crippen LogP) is 3.90. The van der Waals surface area contributed by atoms with Crippen LogP contribution in [0.1, 0.15) is 22.8 Å². The molecule has 1 aliphatic heterocycles. The minimum Gasteiger partial charge on any atom is -0.501 e. The number of benzene rings is 2. The van der Waals surface area contributed by atoms with Crippen LogP contribution < -0.4 is 4.90 Å². The summed E-state index contributed by atoms with van der Waals surface area (Å²) >= 11 is 5.99. The van der Waals surface area contributed by atoms with Gasteiger partial charge in [-0.05, 0) is 31.2 Å². The normalized spacial score (nSPS) is 15.7. The van der Waals surface area contributed by atoms with Crippen molar-refractivity contribution in [2.24, 2.45) is 0 Å². The Morgan fingerprint density at radius 3 is 2.48 bits per heavy atom. The first kappa shape index (κ1) is 15.3. The highest BCUT2D eigenvalue weighted by Gasteiger charge is 2.36. The van der Waals surface area contributed by atoms with Crippen LogP contribution in [0.15, 0.2) is 54.8 Å². The highest BCUT2D eigenvalue weighted by atomic mass is 35.5. The number of anilines is 1. The van der Waals surface area contributed by atoms with Gasteiger partial charge in [0, 0.05) is 16.1 Å². The smallest absolute Gasteiger partial charge is 0.269 e. The Morgan fingerprint density at radius 1 is 1.04 bits per heavy atom. The van der Waals surface area contributed by atoms with E-state index in [1.165, 1.54) is 6.26 Å². The second-order valence-corrected chi connectivity index (χ2v) is 5.39. The van der Waals surface area contributed by atoms with Crippen LogP contribution in [0.3, 0.4) is 0 Å². The molecule has 0 bridgehead atoms. The van der Waals surface area contributed by atoms with Gasteiger partial charge in [0.05, 0.1) is 24.1 Å². The van der Waals surface area contributed by atoms with Gasteiger partial charge in [0.1, 0.15) is 0 Å². The second-order valence-electron chi connectivity index (χ2n) is 4.96. The molecule has 2 amide bonds. The van der Waals surface area contributed by atoms with Gasteiger partial charge < -0.3 is 4.74 Å². The zero-order chi connectivity index (χ0) is 16.4. The van der Waals surface area contributed by atoms with Crippen molar-refractivity contribution in [3.05, 3.63) is 70.9 Å². The average Bonchev–Trinajstić information content (AvgIpc) is 2.55. The number of amides is 2. The van der Waals surface area contributed by atoms with Gasteiger partial charge in [-0.15, -0.1) is 0 Å². The number of ether oxygens (including phenoxy) is 1. The van der Waals surface area contributed by atoms with Gasteiger partial charge in [-0.1, -0.05) is 35.9 Å². The van der Waals surface area contributed by atoms with Crippen molar-refractivity contribution in [3.8, 4) is 0 Å². The molecule has 2 aromatic rings. The topological polar surface area (TPSA) is 46.6 Å². The molecule has 23 heavy (non-hydrogen) atoms. The zero-order valence-electron chi connectivity index (χ0n) is 12.5. The van der Waals surface area contributed by atoms with E-state index in [4.69, 9.17) is 16.3 Å². The molecule has 5 heteroatoms. The molecule has 116 valence electrons. The van der Waals surface area contributed by atoms with E-state index in [-0.39, 0.29) is 5.91 Å². The molecule has 0 saturated carbocycles. The molecule has 2 aromatic carbocycles. The van der Waals surface area contributed by atoms with E-state index < -0.39 is 5.91 Å². The van der Waals surface area contributed by atoms with Crippen LogP contribution >= 0.6 is 11.6 Å². The van der Waals surface area contributed by atoms with Crippen molar-refractivity contribution in [1.29, 1.82) is 0 Å². The molecule has 0 N–H and O–H groups in total. The van der Waals surface area contributed by atoms with E-state index in [0.29, 0.717) is 34.0 Å². The quantitative estimate of drug-likeness (QED) is 0.488. The predicted molar refractivity (Wildman–Crippen MR) is 89.3 cm³/mol. The number of carbonyl (C=O) groups excluding carboxylic acids is 2. The van der Waals surface area contributed by atoms with Crippen molar-refractivity contribution in [2.45, 2.75) is 6.92 Å². The molecule has 0 spiro atoms. The van der Waals surface area contributed by atoms with Crippen molar-refractivity contribution in [1.82, 2.24) is 0 Å². The van der Waals surface area contributed by atoms with Crippen molar-refractivity contribution < 1.29 is 14.3 Å². The summed E-state index contributed by atoms with van der Waals surface area (Å²) in [5.74, 6) is -0.800. The van der Waals surface area contributed by atoms with E-state index >= 15 is 0 Å². The van der Waals surface area contributed by atoms with E-state index in [9.17, 15) is 9.59 Å². The third-order valence-corrected chi connectivity index (χ3v) is 3.75. The molecule has 0 atom stereocenters. The van der Waals surface area contributed by atoms with E-state index in [1.807, 2.05) is 6.92 Å². The third kappa shape index (κ3) is 2.73. The summed E-state index contributed by atoms with van der Waals surface area (Å²) in [7, 11) is 0. The Morgan fingerprint density at radius 2 is 1.78 bits per heavy atom. The summed E-state index contributed by atoms with van der Waals surface area (Å²) in [5, 5.41) is 0.456. The molecule has 3 rings (SSSR count). The number of hydrogen-bond donors (Lipinski definition) is 0. The van der Waals surface area contributed by atoms with E-state index in [0.717, 1.165) is 4.90 Å². The maximum Gasteiger partial charge on any atom is 0.269 e. The monoisotopic (exact) mass is 327 g/mol. The largest absolute Gasteiger partial charge is 0.501 e. The maximum atomic E-state index is 12.8. The molecule has 0 unspecified atom stereocenters. The Bertz CT molecular complexity index is 813. The lowest BCUT2D eigenvalue weighted by atomic mass is 9.94. The van der Waals surface area contributed by atoms with E-state index in [2.05, 4.69) is 0 Å². The molecule has 0 radical (unpaired) electrons. The Hall–Kier alpha value is -2.59. The van der Waals surface area contributed by atoms with Crippen molar-refractivity contribution in [3.63, 3.8) is 0 Å². The van der Waals surface area contributed by atoms with Gasteiger partial charge in [-0.3, -0.25) is 9.59 Å². The lowest BCUT2D eigenvalue weighted by molar-refractivity contribution is -0.113. The van der Waals surface area contributed by atoms with E-state index in [1.54, 1.807) is 48.5 Å². The molecular formula is C18H14ClNO3. The number of rotatable bonds is 3. The molecule has 4 nitrogen and oxygen atoms in total. The number of imide groups is 1. The van der Waals surface area contributed by atoms with Crippen LogP contribution in [0.5, 0.6) is 0 Å². The average molecular weight is 328 g/mol. The lowest BCUT2D eigenvalue weighted by Gasteiger charge is -2.28. The summed E-state index contributed by atoms with van der Waals surface area (Å²) in [4.78, 5) is 26.7. The first-order valence-corrected chi connectivity index (χ1v) is 7.56. The van der Waals surface area contributed by atoms with Gasteiger partial charge in [0.25, 0.3) is 11.8 Å². The number of hydrogen-bond acceptors (Lipinski definition) is 3. The molecular weight excluding hydrogens is 314 g/mol. The summed E-state index contributed by atoms with van der Waals surface area (Å²) < 4.78 is 5.30. The van der Waals surface area contributed by atoms with Crippen LogP contribution in [0.4, 0.5) is 5.69 Å². The lowest BCUT2D eigenvalue weighted by Crippen LogP contribution is -2.41. The van der Waals surface area contributed by atoms with Crippen LogP contribution in [0, 0.1) is 0 Å². The van der Waals surface area contributed by atoms with Gasteiger partial charge >= 0.3 is 0 Å². The fraction of sp³-hybridized carbons (Fsp3) is 0.111. The molecule has 1 heterocycles. The maximum absolute atomic E-state index is 12.8. The summed E-state index contributed by atoms with van der Waals surface area (Å²) in [6, 6.07) is 13.6. The van der Waals surface area contributed by atoms with Gasteiger partial charge in [-0.2, -0.15) is 0 Å². The third-order valence-electron chi connectivity index (χ3n) is 3.52. The summed E-state index contributed by atoms with van der Waals surface area (Å²) in [6.07, 6.45) is 1.41. The highest BCUT2D eigenvalue weighted by Crippen LogP contribution is 2.32. The van der Waals surface area contributed by atoms with Crippen molar-refractivity contribution in [2.75, 3.05) is 11.5 Å². The Kier molecular flexibility index (Phi) is 4.17. The van der Waals surface area contributed by atoms with Crippen LogP contribution in [0.25, 0.3) is 5.57 Å². The molecule has 0 saturated heterocycles. The fourth-order valence-electron chi connectivity index (χ4n) is 2.48. The Labute approximate surface area is 138 Å². The fourth-order valence-corrected chi connectivity index (χ4v) is 2.67. The van der Waals surface area contributed by atoms with Crippen LogP contribution in [0.2, 0.25) is 5.02 Å². The minimum absolute atomic E-state index is 0.349. The number of halogens is 1. The molecule has 0 fully saturated rings. The van der Waals surface area contributed by atoms with Crippen LogP contribution in [-0.2, 0) is 9.53 Å². The van der Waals surface area contributed by atoms with Crippen LogP contribution in [-0.4, -0.2) is 18.4 Å². The van der Waals surface area contributed by atoms with Gasteiger partial charge in [0.15, 0.2) is 0 Å². The molecule has 1 aliphatic rings. The van der Waals surface area contributed by atoms with Crippen molar-refractivity contribution >= 4 is 34.7 Å². The highest BCUT2D eigenvalue weighted by molar-refractivity contribution is 6.41. The summed E-state index contributed by atoms with van der Waals surface area (Å²) in [5.41, 5.74) is 1.82. The van der Waals surface area contributed by atoms with Gasteiger partial charge in [0.2, 0.25) is 0 Å². The number of carbonyl (C=O) groups is 2. The summed E-state index contributed by atoms with van der Waals surface area (Å²) in [6.45, 7) is 2.26. The minimum atomic E-state index is -0.426. The molecule has 0 aromatic heterocycles. The Balaban J connectivity index is 2.17.